The summed E-state index contributed by atoms with van der Waals surface area (Å²) in [6.07, 6.45) is 1.70. The minimum Gasteiger partial charge on any atom is -0.366 e. The van der Waals surface area contributed by atoms with Crippen molar-refractivity contribution in [2.45, 2.75) is 32.4 Å². The van der Waals surface area contributed by atoms with E-state index in [9.17, 15) is 14.0 Å². The molecule has 0 aromatic heterocycles. The molecule has 26 heavy (non-hydrogen) atoms. The Kier molecular flexibility index (Phi) is 5.32. The van der Waals surface area contributed by atoms with E-state index in [1.165, 1.54) is 12.1 Å². The van der Waals surface area contributed by atoms with E-state index in [1.54, 1.807) is 30.3 Å². The summed E-state index contributed by atoms with van der Waals surface area (Å²) < 4.78 is 13.1. The molecule has 0 spiro atoms. The minimum absolute atomic E-state index is 0.102. The number of hydrogen-bond donors (Lipinski definition) is 2. The van der Waals surface area contributed by atoms with Crippen molar-refractivity contribution in [2.24, 2.45) is 5.73 Å². The Bertz CT molecular complexity index is 820. The number of carbonyl (C=O) groups excluding carboxylic acids is 2. The molecule has 136 valence electrons. The quantitative estimate of drug-likeness (QED) is 0.866. The van der Waals surface area contributed by atoms with E-state index >= 15 is 0 Å². The smallest absolute Gasteiger partial charge is 0.248 e. The molecule has 1 saturated heterocycles. The number of nitrogens with two attached hydrogens (primary N) is 1. The van der Waals surface area contributed by atoms with Gasteiger partial charge in [-0.3, -0.25) is 14.5 Å². The number of benzene rings is 2. The number of nitrogens with one attached hydrogen (secondary N) is 1. The minimum atomic E-state index is -0.528. The van der Waals surface area contributed by atoms with Crippen molar-refractivity contribution in [1.82, 2.24) is 4.90 Å². The molecular formula is C20H22FN3O2. The van der Waals surface area contributed by atoms with Crippen LogP contribution in [0, 0.1) is 12.7 Å². The second kappa shape index (κ2) is 7.66. The Morgan fingerprint density at radius 3 is 2.65 bits per heavy atom. The molecule has 1 aliphatic rings. The van der Waals surface area contributed by atoms with Crippen LogP contribution in [0.15, 0.2) is 42.5 Å². The largest absolute Gasteiger partial charge is 0.366 e. The van der Waals surface area contributed by atoms with Crippen molar-refractivity contribution >= 4 is 17.5 Å². The van der Waals surface area contributed by atoms with Gasteiger partial charge in [-0.1, -0.05) is 18.2 Å². The third kappa shape index (κ3) is 4.08. The molecule has 0 saturated carbocycles. The highest BCUT2D eigenvalue weighted by molar-refractivity contribution is 5.98. The van der Waals surface area contributed by atoms with Gasteiger partial charge in [0.2, 0.25) is 11.8 Å². The molecule has 6 heteroatoms. The standard InChI is InChI=1S/C20H22FN3O2/c1-13-4-7-15(19(22)25)11-17(13)23-20(26)18-3-2-10-24(18)12-14-5-8-16(21)9-6-14/h4-9,11,18H,2-3,10,12H2,1H3,(H2,22,25)(H,23,26). The number of primary amides is 1. The molecular weight excluding hydrogens is 333 g/mol. The summed E-state index contributed by atoms with van der Waals surface area (Å²) in [4.78, 5) is 26.2. The van der Waals surface area contributed by atoms with E-state index in [1.807, 2.05) is 6.92 Å². The zero-order valence-corrected chi connectivity index (χ0v) is 14.7. The van der Waals surface area contributed by atoms with E-state index in [4.69, 9.17) is 5.73 Å². The first kappa shape index (κ1) is 18.1. The van der Waals surface area contributed by atoms with Crippen LogP contribution in [0.25, 0.3) is 0 Å². The molecule has 0 aliphatic carbocycles. The third-order valence-corrected chi connectivity index (χ3v) is 4.75. The highest BCUT2D eigenvalue weighted by Gasteiger charge is 2.30. The Morgan fingerprint density at radius 1 is 1.23 bits per heavy atom. The average molecular weight is 355 g/mol. The van der Waals surface area contributed by atoms with Gasteiger partial charge in [0, 0.05) is 17.8 Å². The maximum atomic E-state index is 13.1. The van der Waals surface area contributed by atoms with Crippen molar-refractivity contribution in [2.75, 3.05) is 11.9 Å². The number of amides is 2. The van der Waals surface area contributed by atoms with E-state index < -0.39 is 5.91 Å². The lowest BCUT2D eigenvalue weighted by Crippen LogP contribution is -2.39. The fourth-order valence-electron chi connectivity index (χ4n) is 3.26. The van der Waals surface area contributed by atoms with E-state index in [2.05, 4.69) is 10.2 Å². The van der Waals surface area contributed by atoms with Gasteiger partial charge >= 0.3 is 0 Å². The topological polar surface area (TPSA) is 75.4 Å². The predicted octanol–water partition coefficient (Wildman–Crippen LogP) is 2.84. The molecule has 2 aromatic carbocycles. The van der Waals surface area contributed by atoms with Gasteiger partial charge in [0.05, 0.1) is 6.04 Å². The number of anilines is 1. The first-order chi connectivity index (χ1) is 12.4. The van der Waals surface area contributed by atoms with Crippen molar-refractivity contribution in [3.63, 3.8) is 0 Å². The van der Waals surface area contributed by atoms with Gasteiger partial charge in [-0.2, -0.15) is 0 Å². The number of rotatable bonds is 5. The Morgan fingerprint density at radius 2 is 1.96 bits per heavy atom. The van der Waals surface area contributed by atoms with Gasteiger partial charge in [-0.05, 0) is 61.7 Å². The number of likely N-dealkylation sites (tertiary alicyclic amines) is 1. The Balaban J connectivity index is 1.71. The van der Waals surface area contributed by atoms with Crippen LogP contribution in [0.2, 0.25) is 0 Å². The molecule has 1 aliphatic heterocycles. The lowest BCUT2D eigenvalue weighted by atomic mass is 10.1. The normalized spacial score (nSPS) is 17.2. The van der Waals surface area contributed by atoms with Crippen LogP contribution in [0.3, 0.4) is 0 Å². The van der Waals surface area contributed by atoms with Crippen LogP contribution < -0.4 is 11.1 Å². The van der Waals surface area contributed by atoms with E-state index in [-0.39, 0.29) is 17.8 Å². The number of hydrogen-bond acceptors (Lipinski definition) is 3. The van der Waals surface area contributed by atoms with Gasteiger partial charge in [-0.25, -0.2) is 4.39 Å². The molecule has 5 nitrogen and oxygen atoms in total. The second-order valence-corrected chi connectivity index (χ2v) is 6.64. The van der Waals surface area contributed by atoms with Crippen LogP contribution in [0.4, 0.5) is 10.1 Å². The maximum Gasteiger partial charge on any atom is 0.248 e. The third-order valence-electron chi connectivity index (χ3n) is 4.75. The molecule has 1 unspecified atom stereocenters. The lowest BCUT2D eigenvalue weighted by Gasteiger charge is -2.24. The van der Waals surface area contributed by atoms with Crippen molar-refractivity contribution in [3.8, 4) is 0 Å². The molecule has 3 rings (SSSR count). The SMILES string of the molecule is Cc1ccc(C(N)=O)cc1NC(=O)C1CCCN1Cc1ccc(F)cc1. The first-order valence-corrected chi connectivity index (χ1v) is 8.64. The average Bonchev–Trinajstić information content (AvgIpc) is 3.07. The van der Waals surface area contributed by atoms with E-state index in [0.717, 1.165) is 30.5 Å². The van der Waals surface area contributed by atoms with Gasteiger partial charge in [0.25, 0.3) is 0 Å². The van der Waals surface area contributed by atoms with Crippen LogP contribution in [-0.2, 0) is 11.3 Å². The van der Waals surface area contributed by atoms with Gasteiger partial charge in [0.15, 0.2) is 0 Å². The second-order valence-electron chi connectivity index (χ2n) is 6.64. The van der Waals surface area contributed by atoms with E-state index in [0.29, 0.717) is 17.8 Å². The molecule has 1 fully saturated rings. The van der Waals surface area contributed by atoms with Crippen LogP contribution >= 0.6 is 0 Å². The highest BCUT2D eigenvalue weighted by Crippen LogP contribution is 2.23. The molecule has 0 radical (unpaired) electrons. The van der Waals surface area contributed by atoms with Gasteiger partial charge < -0.3 is 11.1 Å². The maximum absolute atomic E-state index is 13.1. The molecule has 2 aromatic rings. The Labute approximate surface area is 152 Å². The number of nitrogens with zero attached hydrogens (tertiary/aromatic N) is 1. The summed E-state index contributed by atoms with van der Waals surface area (Å²) in [6.45, 7) is 3.28. The summed E-state index contributed by atoms with van der Waals surface area (Å²) in [5.41, 5.74) is 8.11. The Hall–Kier alpha value is -2.73. The molecule has 0 bridgehead atoms. The summed E-state index contributed by atoms with van der Waals surface area (Å²) in [7, 11) is 0. The van der Waals surface area contributed by atoms with Crippen LogP contribution in [-0.4, -0.2) is 29.3 Å². The highest BCUT2D eigenvalue weighted by atomic mass is 19.1. The zero-order valence-electron chi connectivity index (χ0n) is 14.7. The van der Waals surface area contributed by atoms with Crippen molar-refractivity contribution in [1.29, 1.82) is 0 Å². The predicted molar refractivity (Wildman–Crippen MR) is 98.2 cm³/mol. The fraction of sp³-hybridized carbons (Fsp3) is 0.300. The first-order valence-electron chi connectivity index (χ1n) is 8.64. The summed E-state index contributed by atoms with van der Waals surface area (Å²) >= 11 is 0. The number of aryl methyl sites for hydroxylation is 1. The fourth-order valence-corrected chi connectivity index (χ4v) is 3.26. The molecule has 1 heterocycles. The number of halogens is 1. The lowest BCUT2D eigenvalue weighted by molar-refractivity contribution is -0.120. The number of carbonyl (C=O) groups is 2. The summed E-state index contributed by atoms with van der Waals surface area (Å²) in [5.74, 6) is -0.900. The monoisotopic (exact) mass is 355 g/mol. The summed E-state index contributed by atoms with van der Waals surface area (Å²) in [6, 6.07) is 11.1. The molecule has 1 atom stereocenters. The summed E-state index contributed by atoms with van der Waals surface area (Å²) in [5, 5.41) is 2.92. The van der Waals surface area contributed by atoms with Crippen molar-refractivity contribution in [3.05, 3.63) is 65.0 Å². The van der Waals surface area contributed by atoms with Gasteiger partial charge in [0.1, 0.15) is 5.82 Å². The van der Waals surface area contributed by atoms with Gasteiger partial charge in [-0.15, -0.1) is 0 Å². The molecule has 3 N–H and O–H groups in total. The molecule has 2 amide bonds. The zero-order chi connectivity index (χ0) is 18.7. The van der Waals surface area contributed by atoms with Crippen LogP contribution in [0.5, 0.6) is 0 Å². The van der Waals surface area contributed by atoms with Crippen LogP contribution in [0.1, 0.15) is 34.3 Å². The van der Waals surface area contributed by atoms with Crippen molar-refractivity contribution < 1.29 is 14.0 Å².